The molecule has 1 aromatic rings. The number of amides is 1. The number of carboxylic acid groups (broad SMARTS) is 1. The van der Waals surface area contributed by atoms with Crippen LogP contribution in [0.25, 0.3) is 0 Å². The molecule has 1 aliphatic heterocycles. The maximum atomic E-state index is 12.2. The predicted octanol–water partition coefficient (Wildman–Crippen LogP) is 2.77. The van der Waals surface area contributed by atoms with Gasteiger partial charge in [-0.2, -0.15) is 8.78 Å². The second kappa shape index (κ2) is 9.05. The molecule has 1 atom stereocenters. The molecule has 1 unspecified atom stereocenters. The first-order valence-electron chi connectivity index (χ1n) is 6.74. The van der Waals surface area contributed by atoms with Crippen LogP contribution < -0.4 is 5.32 Å². The molecule has 0 aliphatic carbocycles. The molecule has 1 heterocycles. The highest BCUT2D eigenvalue weighted by atomic mass is 35.5. The second-order valence-electron chi connectivity index (χ2n) is 5.01. The molecule has 9 heteroatoms. The Balaban J connectivity index is 0.00000264. The highest BCUT2D eigenvalue weighted by Crippen LogP contribution is 2.26. The number of carbonyl (C=O) groups is 2. The number of thioether (sulfide) groups is 1. The molecular formula is C14H17ClF2N2O3S. The van der Waals surface area contributed by atoms with E-state index in [0.29, 0.717) is 41.9 Å². The summed E-state index contributed by atoms with van der Waals surface area (Å²) in [5.41, 5.74) is 0.526. The second-order valence-corrected chi connectivity index (χ2v) is 6.07. The van der Waals surface area contributed by atoms with Gasteiger partial charge in [0.15, 0.2) is 0 Å². The van der Waals surface area contributed by atoms with Gasteiger partial charge in [-0.3, -0.25) is 14.5 Å². The number of benzene rings is 1. The van der Waals surface area contributed by atoms with Crippen molar-refractivity contribution in [1.29, 1.82) is 0 Å². The van der Waals surface area contributed by atoms with E-state index >= 15 is 0 Å². The fraction of sp³-hybridized carbons (Fsp3) is 0.429. The van der Waals surface area contributed by atoms with Crippen molar-refractivity contribution >= 4 is 41.7 Å². The Morgan fingerprint density at radius 3 is 2.52 bits per heavy atom. The van der Waals surface area contributed by atoms with Crippen molar-refractivity contribution in [2.45, 2.75) is 17.1 Å². The molecule has 2 N–H and O–H groups in total. The fourth-order valence-electron chi connectivity index (χ4n) is 2.30. The molecule has 0 spiro atoms. The van der Waals surface area contributed by atoms with Crippen molar-refractivity contribution in [3.63, 3.8) is 0 Å². The van der Waals surface area contributed by atoms with Crippen LogP contribution in [-0.4, -0.2) is 47.3 Å². The lowest BCUT2D eigenvalue weighted by Crippen LogP contribution is -2.32. The Hall–Kier alpha value is -1.38. The van der Waals surface area contributed by atoms with Crippen molar-refractivity contribution in [3.05, 3.63) is 24.3 Å². The van der Waals surface area contributed by atoms with Gasteiger partial charge in [0.1, 0.15) is 0 Å². The van der Waals surface area contributed by atoms with Crippen molar-refractivity contribution in [2.75, 3.05) is 25.0 Å². The molecule has 1 amide bonds. The third kappa shape index (κ3) is 6.32. The first-order valence-corrected chi connectivity index (χ1v) is 7.62. The lowest BCUT2D eigenvalue weighted by Gasteiger charge is -2.14. The molecule has 1 fully saturated rings. The van der Waals surface area contributed by atoms with Crippen molar-refractivity contribution < 1.29 is 23.5 Å². The summed E-state index contributed by atoms with van der Waals surface area (Å²) in [6, 6.07) is 6.16. The zero-order chi connectivity index (χ0) is 16.1. The van der Waals surface area contributed by atoms with E-state index in [0.717, 1.165) is 0 Å². The van der Waals surface area contributed by atoms with E-state index in [4.69, 9.17) is 5.11 Å². The Morgan fingerprint density at radius 2 is 2.00 bits per heavy atom. The number of hydrogen-bond acceptors (Lipinski definition) is 4. The van der Waals surface area contributed by atoms with Gasteiger partial charge in [-0.05, 0) is 37.2 Å². The maximum Gasteiger partial charge on any atom is 0.307 e. The summed E-state index contributed by atoms with van der Waals surface area (Å²) >= 11 is 0.445. The number of rotatable bonds is 6. The normalized spacial score (nSPS) is 17.8. The summed E-state index contributed by atoms with van der Waals surface area (Å²) in [7, 11) is 0. The standard InChI is InChI=1S/C14H16F2N2O3S.ClH/c15-14(16)22-11-3-1-10(2-4-11)17-12(19)8-18-6-5-9(7-18)13(20)21;/h1-4,9,14H,5-8H2,(H,17,19)(H,20,21);1H. The van der Waals surface area contributed by atoms with Gasteiger partial charge in [0.05, 0.1) is 12.5 Å². The third-order valence-corrected chi connectivity index (χ3v) is 4.07. The number of nitrogens with one attached hydrogen (secondary N) is 1. The first-order chi connectivity index (χ1) is 10.4. The van der Waals surface area contributed by atoms with Crippen LogP contribution in [0.5, 0.6) is 0 Å². The van der Waals surface area contributed by atoms with Gasteiger partial charge >= 0.3 is 5.97 Å². The Labute approximate surface area is 142 Å². The molecule has 1 aromatic carbocycles. The smallest absolute Gasteiger partial charge is 0.307 e. The molecule has 0 aromatic heterocycles. The zero-order valence-corrected chi connectivity index (χ0v) is 13.7. The van der Waals surface area contributed by atoms with Gasteiger partial charge in [0.2, 0.25) is 5.91 Å². The van der Waals surface area contributed by atoms with Crippen molar-refractivity contribution in [2.24, 2.45) is 5.92 Å². The molecule has 0 bridgehead atoms. The first kappa shape index (κ1) is 19.7. The van der Waals surface area contributed by atoms with Crippen LogP contribution in [0.4, 0.5) is 14.5 Å². The maximum absolute atomic E-state index is 12.2. The summed E-state index contributed by atoms with van der Waals surface area (Å²) in [6.07, 6.45) is 0.544. The Kier molecular flexibility index (Phi) is 7.74. The number of hydrogen-bond donors (Lipinski definition) is 2. The summed E-state index contributed by atoms with van der Waals surface area (Å²) in [6.45, 7) is 1.07. The van der Waals surface area contributed by atoms with E-state index in [-0.39, 0.29) is 24.9 Å². The van der Waals surface area contributed by atoms with E-state index in [1.807, 2.05) is 0 Å². The number of carboxylic acids is 1. The van der Waals surface area contributed by atoms with E-state index in [1.165, 1.54) is 12.1 Å². The van der Waals surface area contributed by atoms with Crippen molar-refractivity contribution in [3.8, 4) is 0 Å². The molecule has 1 aliphatic rings. The number of nitrogens with zero attached hydrogens (tertiary/aromatic N) is 1. The predicted molar refractivity (Wildman–Crippen MR) is 86.4 cm³/mol. The fourth-order valence-corrected chi connectivity index (χ4v) is 2.80. The van der Waals surface area contributed by atoms with Gasteiger partial charge < -0.3 is 10.4 Å². The third-order valence-electron chi connectivity index (χ3n) is 3.35. The van der Waals surface area contributed by atoms with Crippen molar-refractivity contribution in [1.82, 2.24) is 4.90 Å². The molecule has 23 heavy (non-hydrogen) atoms. The lowest BCUT2D eigenvalue weighted by atomic mass is 10.1. The van der Waals surface area contributed by atoms with E-state index in [9.17, 15) is 18.4 Å². The summed E-state index contributed by atoms with van der Waals surface area (Å²) in [4.78, 5) is 24.9. The van der Waals surface area contributed by atoms with E-state index in [2.05, 4.69) is 5.32 Å². The van der Waals surface area contributed by atoms with Gasteiger partial charge in [-0.15, -0.1) is 12.4 Å². The minimum Gasteiger partial charge on any atom is -0.481 e. The topological polar surface area (TPSA) is 69.6 Å². The minimum absolute atomic E-state index is 0. The molecule has 2 rings (SSSR count). The summed E-state index contributed by atoms with van der Waals surface area (Å²) < 4.78 is 24.4. The van der Waals surface area contributed by atoms with Gasteiger partial charge in [0, 0.05) is 17.1 Å². The van der Waals surface area contributed by atoms with Gasteiger partial charge in [-0.1, -0.05) is 11.8 Å². The van der Waals surface area contributed by atoms with E-state index < -0.39 is 17.6 Å². The number of alkyl halides is 2. The summed E-state index contributed by atoms with van der Waals surface area (Å²) in [5.74, 6) is -3.98. The zero-order valence-electron chi connectivity index (χ0n) is 12.1. The van der Waals surface area contributed by atoms with Crippen LogP contribution in [0.15, 0.2) is 29.2 Å². The number of likely N-dealkylation sites (tertiary alicyclic amines) is 1. The quantitative estimate of drug-likeness (QED) is 0.758. The molecule has 1 saturated heterocycles. The van der Waals surface area contributed by atoms with Crippen LogP contribution in [-0.2, 0) is 9.59 Å². The largest absolute Gasteiger partial charge is 0.481 e. The number of anilines is 1. The van der Waals surface area contributed by atoms with Gasteiger partial charge in [0.25, 0.3) is 5.76 Å². The van der Waals surface area contributed by atoms with Crippen LogP contribution >= 0.6 is 24.2 Å². The highest BCUT2D eigenvalue weighted by Gasteiger charge is 2.28. The SMILES string of the molecule is Cl.O=C(CN1CCC(C(=O)O)C1)Nc1ccc(SC(F)F)cc1. The van der Waals surface area contributed by atoms with Crippen LogP contribution in [0.2, 0.25) is 0 Å². The lowest BCUT2D eigenvalue weighted by molar-refractivity contribution is -0.141. The number of halogens is 3. The van der Waals surface area contributed by atoms with Crippen LogP contribution in [0.1, 0.15) is 6.42 Å². The Bertz CT molecular complexity index is 545. The average molecular weight is 367 g/mol. The Morgan fingerprint density at radius 1 is 1.35 bits per heavy atom. The van der Waals surface area contributed by atoms with Crippen LogP contribution in [0, 0.1) is 5.92 Å². The minimum atomic E-state index is -2.47. The number of carbonyl (C=O) groups excluding carboxylic acids is 1. The average Bonchev–Trinajstić information content (AvgIpc) is 2.89. The molecule has 5 nitrogen and oxygen atoms in total. The monoisotopic (exact) mass is 366 g/mol. The molecule has 0 saturated carbocycles. The number of aliphatic carboxylic acids is 1. The summed E-state index contributed by atoms with van der Waals surface area (Å²) in [5, 5.41) is 11.6. The molecule has 0 radical (unpaired) electrons. The molecule has 128 valence electrons. The van der Waals surface area contributed by atoms with Crippen LogP contribution in [0.3, 0.4) is 0 Å². The van der Waals surface area contributed by atoms with Gasteiger partial charge in [-0.25, -0.2) is 0 Å². The molecular weight excluding hydrogens is 350 g/mol. The highest BCUT2D eigenvalue weighted by molar-refractivity contribution is 7.99. The van der Waals surface area contributed by atoms with E-state index in [1.54, 1.807) is 17.0 Å².